The number of carbonyl (C=O) groups is 1. The van der Waals surface area contributed by atoms with Crippen molar-refractivity contribution < 1.29 is 9.53 Å². The summed E-state index contributed by atoms with van der Waals surface area (Å²) in [5.41, 5.74) is 1.98. The van der Waals surface area contributed by atoms with E-state index in [-0.39, 0.29) is 5.91 Å². The third-order valence-electron chi connectivity index (χ3n) is 3.70. The van der Waals surface area contributed by atoms with Crippen LogP contribution in [0.5, 0.6) is 0 Å². The predicted molar refractivity (Wildman–Crippen MR) is 103 cm³/mol. The molecule has 1 aromatic carbocycles. The smallest absolute Gasteiger partial charge is 0.225 e. The van der Waals surface area contributed by atoms with Crippen LogP contribution in [-0.4, -0.2) is 55.2 Å². The zero-order valence-corrected chi connectivity index (χ0v) is 15.7. The first kappa shape index (κ1) is 18.0. The number of nitrogens with one attached hydrogen (secondary N) is 2. The fourth-order valence-corrected chi connectivity index (χ4v) is 4.11. The van der Waals surface area contributed by atoms with Gasteiger partial charge < -0.3 is 20.3 Å². The lowest BCUT2D eigenvalue weighted by molar-refractivity contribution is -0.115. The van der Waals surface area contributed by atoms with Crippen LogP contribution in [0.4, 0.5) is 16.5 Å². The van der Waals surface area contributed by atoms with Gasteiger partial charge in [-0.1, -0.05) is 23.1 Å². The second-order valence-corrected chi connectivity index (χ2v) is 7.74. The Morgan fingerprint density at radius 2 is 2.04 bits per heavy atom. The summed E-state index contributed by atoms with van der Waals surface area (Å²) < 4.78 is 6.23. The summed E-state index contributed by atoms with van der Waals surface area (Å²) in [6, 6.07) is 7.96. The third kappa shape index (κ3) is 5.32. The minimum absolute atomic E-state index is 0.00461. The highest BCUT2D eigenvalue weighted by molar-refractivity contribution is 8.01. The Balaban J connectivity index is 1.42. The van der Waals surface area contributed by atoms with E-state index in [0.717, 1.165) is 47.1 Å². The van der Waals surface area contributed by atoms with Gasteiger partial charge in [-0.3, -0.25) is 4.79 Å². The van der Waals surface area contributed by atoms with Crippen molar-refractivity contribution in [1.82, 2.24) is 10.2 Å². The topological polar surface area (TPSA) is 79.4 Å². The number of hydrogen-bond donors (Lipinski definition) is 2. The van der Waals surface area contributed by atoms with Crippen molar-refractivity contribution in [3.63, 3.8) is 0 Å². The molecule has 1 fully saturated rings. The number of nitrogens with zero attached hydrogens (tertiary/aromatic N) is 3. The molecule has 1 aromatic heterocycles. The minimum Gasteiger partial charge on any atom is -0.378 e. The quantitative estimate of drug-likeness (QED) is 0.716. The van der Waals surface area contributed by atoms with E-state index in [1.807, 2.05) is 31.3 Å². The molecular formula is C16H21N5O2S2. The number of aromatic nitrogens is 2. The summed E-state index contributed by atoms with van der Waals surface area (Å²) >= 11 is 3.03. The van der Waals surface area contributed by atoms with E-state index in [1.165, 1.54) is 11.3 Å². The zero-order chi connectivity index (χ0) is 17.5. The Morgan fingerprint density at radius 3 is 2.72 bits per heavy atom. The van der Waals surface area contributed by atoms with E-state index < -0.39 is 0 Å². The van der Waals surface area contributed by atoms with Crippen molar-refractivity contribution >= 4 is 45.5 Å². The van der Waals surface area contributed by atoms with Crippen LogP contribution in [0.3, 0.4) is 0 Å². The van der Waals surface area contributed by atoms with Crippen LogP contribution in [0.2, 0.25) is 0 Å². The Bertz CT molecular complexity index is 686. The van der Waals surface area contributed by atoms with Crippen molar-refractivity contribution in [1.29, 1.82) is 0 Å². The van der Waals surface area contributed by atoms with E-state index in [0.29, 0.717) is 12.2 Å². The first-order chi connectivity index (χ1) is 12.2. The molecule has 2 N–H and O–H groups in total. The first-order valence-corrected chi connectivity index (χ1v) is 9.91. The summed E-state index contributed by atoms with van der Waals surface area (Å²) in [7, 11) is 1.81. The Labute approximate surface area is 155 Å². The van der Waals surface area contributed by atoms with Crippen molar-refractivity contribution in [2.24, 2.45) is 0 Å². The van der Waals surface area contributed by atoms with E-state index >= 15 is 0 Å². The van der Waals surface area contributed by atoms with Gasteiger partial charge in [-0.15, -0.1) is 10.2 Å². The first-order valence-electron chi connectivity index (χ1n) is 8.11. The molecule has 0 unspecified atom stereocenters. The van der Waals surface area contributed by atoms with E-state index in [2.05, 4.69) is 25.7 Å². The van der Waals surface area contributed by atoms with Crippen molar-refractivity contribution in [2.45, 2.75) is 10.8 Å². The van der Waals surface area contributed by atoms with Crippen LogP contribution in [0, 0.1) is 0 Å². The summed E-state index contributed by atoms with van der Waals surface area (Å²) in [5, 5.41) is 14.7. The molecule has 0 bridgehead atoms. The lowest BCUT2D eigenvalue weighted by Gasteiger charge is -2.28. The number of morpholine rings is 1. The SMILES string of the molecule is CNc1nnc(SCCC(=O)Nc2ccc(N3CCOCC3)cc2)s1. The van der Waals surface area contributed by atoms with Gasteiger partial charge in [0.25, 0.3) is 0 Å². The third-order valence-corrected chi connectivity index (χ3v) is 5.78. The number of anilines is 3. The molecule has 0 aliphatic carbocycles. The average molecular weight is 380 g/mol. The van der Waals surface area contributed by atoms with Crippen molar-refractivity contribution in [3.05, 3.63) is 24.3 Å². The van der Waals surface area contributed by atoms with Crippen LogP contribution in [0.1, 0.15) is 6.42 Å². The molecule has 7 nitrogen and oxygen atoms in total. The Hall–Kier alpha value is -1.84. The molecule has 2 aromatic rings. The van der Waals surface area contributed by atoms with E-state index in [1.54, 1.807) is 11.8 Å². The summed E-state index contributed by atoms with van der Waals surface area (Å²) in [6.07, 6.45) is 0.435. The maximum Gasteiger partial charge on any atom is 0.225 e. The van der Waals surface area contributed by atoms with Crippen LogP contribution < -0.4 is 15.5 Å². The molecule has 1 saturated heterocycles. The van der Waals surface area contributed by atoms with Gasteiger partial charge in [0.05, 0.1) is 13.2 Å². The molecular weight excluding hydrogens is 358 g/mol. The lowest BCUT2D eigenvalue weighted by Crippen LogP contribution is -2.36. The molecule has 0 saturated carbocycles. The molecule has 25 heavy (non-hydrogen) atoms. The molecule has 2 heterocycles. The highest BCUT2D eigenvalue weighted by Crippen LogP contribution is 2.25. The van der Waals surface area contributed by atoms with Crippen LogP contribution in [-0.2, 0) is 9.53 Å². The maximum atomic E-state index is 12.1. The summed E-state index contributed by atoms with van der Waals surface area (Å²) in [4.78, 5) is 14.3. The fourth-order valence-electron chi connectivity index (χ4n) is 2.40. The number of amides is 1. The van der Waals surface area contributed by atoms with Gasteiger partial charge in [-0.25, -0.2) is 0 Å². The lowest BCUT2D eigenvalue weighted by atomic mass is 10.2. The standard InChI is InChI=1S/C16H21N5O2S2/c1-17-15-19-20-16(25-15)24-11-6-14(22)18-12-2-4-13(5-3-12)21-7-9-23-10-8-21/h2-5H,6-11H2,1H3,(H,17,19)(H,18,22). The van der Waals surface area contributed by atoms with Crippen LogP contribution >= 0.6 is 23.1 Å². The molecule has 1 aliphatic heterocycles. The van der Waals surface area contributed by atoms with Crippen molar-refractivity contribution in [2.75, 3.05) is 54.6 Å². The minimum atomic E-state index is 0.00461. The monoisotopic (exact) mass is 379 g/mol. The molecule has 9 heteroatoms. The normalized spacial score (nSPS) is 14.4. The Kier molecular flexibility index (Phi) is 6.48. The zero-order valence-electron chi connectivity index (χ0n) is 14.0. The molecule has 134 valence electrons. The molecule has 0 atom stereocenters. The van der Waals surface area contributed by atoms with Gasteiger partial charge in [0.15, 0.2) is 4.34 Å². The van der Waals surface area contributed by atoms with Crippen LogP contribution in [0.15, 0.2) is 28.6 Å². The maximum absolute atomic E-state index is 12.1. The predicted octanol–water partition coefficient (Wildman–Crippen LogP) is 2.54. The van der Waals surface area contributed by atoms with Crippen LogP contribution in [0.25, 0.3) is 0 Å². The Morgan fingerprint density at radius 1 is 1.28 bits per heavy atom. The van der Waals surface area contributed by atoms with Gasteiger partial charge >= 0.3 is 0 Å². The van der Waals surface area contributed by atoms with Crippen molar-refractivity contribution in [3.8, 4) is 0 Å². The number of carbonyl (C=O) groups excluding carboxylic acids is 1. The molecule has 3 rings (SSSR count). The van der Waals surface area contributed by atoms with Gasteiger partial charge in [-0.05, 0) is 24.3 Å². The largest absolute Gasteiger partial charge is 0.378 e. The summed E-state index contributed by atoms with van der Waals surface area (Å²) in [5.74, 6) is 0.681. The summed E-state index contributed by atoms with van der Waals surface area (Å²) in [6.45, 7) is 3.34. The second-order valence-electron chi connectivity index (χ2n) is 5.42. The second kappa shape index (κ2) is 9.02. The number of rotatable bonds is 7. The number of hydrogen-bond acceptors (Lipinski definition) is 8. The molecule has 0 radical (unpaired) electrons. The highest BCUT2D eigenvalue weighted by atomic mass is 32.2. The number of thioether (sulfide) groups is 1. The van der Waals surface area contributed by atoms with Gasteiger partial charge in [-0.2, -0.15) is 0 Å². The highest BCUT2D eigenvalue weighted by Gasteiger charge is 2.11. The van der Waals surface area contributed by atoms with Gasteiger partial charge in [0.1, 0.15) is 0 Å². The number of benzene rings is 1. The molecule has 1 amide bonds. The van der Waals surface area contributed by atoms with E-state index in [9.17, 15) is 4.79 Å². The molecule has 0 spiro atoms. The van der Waals surface area contributed by atoms with Gasteiger partial charge in [0.2, 0.25) is 11.0 Å². The van der Waals surface area contributed by atoms with Gasteiger partial charge in [0, 0.05) is 43.7 Å². The number of ether oxygens (including phenoxy) is 1. The average Bonchev–Trinajstić information content (AvgIpc) is 3.11. The van der Waals surface area contributed by atoms with E-state index in [4.69, 9.17) is 4.74 Å². The molecule has 1 aliphatic rings. The fraction of sp³-hybridized carbons (Fsp3) is 0.438.